The maximum absolute atomic E-state index is 13.7. The van der Waals surface area contributed by atoms with E-state index in [-0.39, 0.29) is 17.4 Å². The molecule has 0 saturated heterocycles. The van der Waals surface area contributed by atoms with Crippen LogP contribution in [0.1, 0.15) is 21.9 Å². The number of rotatable bonds is 6. The van der Waals surface area contributed by atoms with Gasteiger partial charge in [-0.05, 0) is 59.7 Å². The zero-order chi connectivity index (χ0) is 22.7. The maximum atomic E-state index is 13.7. The number of nitrogens with zero attached hydrogens (tertiary/aromatic N) is 1. The summed E-state index contributed by atoms with van der Waals surface area (Å²) in [4.78, 5) is 14.3. The average Bonchev–Trinajstić information content (AvgIpc) is 3.23. The second kappa shape index (κ2) is 9.44. The van der Waals surface area contributed by atoms with Gasteiger partial charge in [-0.3, -0.25) is 4.79 Å². The molecule has 1 aliphatic heterocycles. The number of hydrogen-bond acceptors (Lipinski definition) is 6. The Morgan fingerprint density at radius 3 is 2.44 bits per heavy atom. The first-order valence-electron chi connectivity index (χ1n) is 10.3. The molecule has 32 heavy (non-hydrogen) atoms. The zero-order valence-electron chi connectivity index (χ0n) is 17.9. The van der Waals surface area contributed by atoms with Gasteiger partial charge in [0.1, 0.15) is 11.8 Å². The molecule has 0 saturated carbocycles. The molecular formula is C24H25NO5S2. The van der Waals surface area contributed by atoms with E-state index in [0.717, 1.165) is 16.0 Å². The molecule has 168 valence electrons. The van der Waals surface area contributed by atoms with E-state index < -0.39 is 22.0 Å². The Labute approximate surface area is 192 Å². The van der Waals surface area contributed by atoms with Gasteiger partial charge in [0.05, 0.1) is 19.1 Å². The van der Waals surface area contributed by atoms with E-state index in [4.69, 9.17) is 9.47 Å². The van der Waals surface area contributed by atoms with Crippen molar-refractivity contribution in [3.63, 3.8) is 0 Å². The predicted molar refractivity (Wildman–Crippen MR) is 124 cm³/mol. The van der Waals surface area contributed by atoms with Crippen molar-refractivity contribution in [2.24, 2.45) is 0 Å². The van der Waals surface area contributed by atoms with Crippen LogP contribution in [0.3, 0.4) is 0 Å². The quantitative estimate of drug-likeness (QED) is 0.511. The zero-order valence-corrected chi connectivity index (χ0v) is 19.6. The fourth-order valence-electron chi connectivity index (χ4n) is 4.25. The molecule has 0 N–H and O–H groups in total. The molecule has 1 aromatic heterocycles. The van der Waals surface area contributed by atoms with Gasteiger partial charge in [0.15, 0.2) is 0 Å². The van der Waals surface area contributed by atoms with E-state index in [1.54, 1.807) is 23.5 Å². The molecular weight excluding hydrogens is 446 g/mol. The number of esters is 1. The number of hydrogen-bond donors (Lipinski definition) is 0. The smallest absolute Gasteiger partial charge is 0.324 e. The Bertz CT molecular complexity index is 1170. The van der Waals surface area contributed by atoms with Crippen LogP contribution in [0.4, 0.5) is 0 Å². The van der Waals surface area contributed by atoms with E-state index in [9.17, 15) is 13.2 Å². The van der Waals surface area contributed by atoms with Crippen molar-refractivity contribution in [1.82, 2.24) is 4.31 Å². The van der Waals surface area contributed by atoms with Crippen LogP contribution in [0.15, 0.2) is 70.9 Å². The minimum absolute atomic E-state index is 0.121. The lowest BCUT2D eigenvalue weighted by atomic mass is 9.86. The van der Waals surface area contributed by atoms with Crippen LogP contribution in [0.5, 0.6) is 5.75 Å². The molecule has 0 aliphatic carbocycles. The van der Waals surface area contributed by atoms with Crippen LogP contribution in [0.25, 0.3) is 0 Å². The average molecular weight is 472 g/mol. The summed E-state index contributed by atoms with van der Waals surface area (Å²) in [6, 6.07) is 17.1. The van der Waals surface area contributed by atoms with Crippen molar-refractivity contribution in [3.8, 4) is 5.75 Å². The fourth-order valence-corrected chi connectivity index (χ4v) is 6.81. The first-order chi connectivity index (χ1) is 15.5. The number of sulfonamides is 1. The van der Waals surface area contributed by atoms with Crippen LogP contribution in [-0.2, 0) is 32.4 Å². The van der Waals surface area contributed by atoms with Gasteiger partial charge in [0.25, 0.3) is 0 Å². The van der Waals surface area contributed by atoms with Gasteiger partial charge in [-0.25, -0.2) is 8.42 Å². The SMILES string of the molecule is COC(=O)C1C(Cc2ccccc2)c2ccsc2CCN1S(=O)(=O)c1ccc(OC)cc1. The lowest BCUT2D eigenvalue weighted by molar-refractivity contribution is -0.145. The number of fused-ring (bicyclic) bond motifs is 1. The molecule has 2 unspecified atom stereocenters. The Balaban J connectivity index is 1.81. The van der Waals surface area contributed by atoms with E-state index in [1.807, 2.05) is 41.8 Å². The Kier molecular flexibility index (Phi) is 6.64. The van der Waals surface area contributed by atoms with E-state index in [1.165, 1.54) is 30.7 Å². The molecule has 0 radical (unpaired) electrons. The largest absolute Gasteiger partial charge is 0.497 e. The lowest BCUT2D eigenvalue weighted by Crippen LogP contribution is -2.49. The number of carbonyl (C=O) groups excluding carboxylic acids is 1. The standard InChI is InChI=1S/C24H25NO5S2/c1-29-18-8-10-19(11-9-18)32(27,28)25-14-12-22-20(13-15-31-22)21(23(25)24(26)30-2)16-17-6-4-3-5-7-17/h3-11,13,15,21,23H,12,14,16H2,1-2H3. The number of ether oxygens (including phenoxy) is 2. The molecule has 0 spiro atoms. The van der Waals surface area contributed by atoms with Gasteiger partial charge in [-0.15, -0.1) is 11.3 Å². The van der Waals surface area contributed by atoms with E-state index >= 15 is 0 Å². The van der Waals surface area contributed by atoms with Gasteiger partial charge in [0.2, 0.25) is 10.0 Å². The van der Waals surface area contributed by atoms with Gasteiger partial charge in [-0.1, -0.05) is 30.3 Å². The molecule has 0 bridgehead atoms. The lowest BCUT2D eigenvalue weighted by Gasteiger charge is -2.32. The fraction of sp³-hybridized carbons (Fsp3) is 0.292. The van der Waals surface area contributed by atoms with Gasteiger partial charge < -0.3 is 9.47 Å². The molecule has 2 aromatic carbocycles. The van der Waals surface area contributed by atoms with Crippen molar-refractivity contribution < 1.29 is 22.7 Å². The Morgan fingerprint density at radius 1 is 1.06 bits per heavy atom. The second-order valence-electron chi connectivity index (χ2n) is 7.60. The molecule has 2 atom stereocenters. The third-order valence-corrected chi connectivity index (χ3v) is 8.73. The first kappa shape index (κ1) is 22.5. The van der Waals surface area contributed by atoms with Crippen LogP contribution in [-0.4, -0.2) is 45.5 Å². The normalized spacial score (nSPS) is 19.1. The summed E-state index contributed by atoms with van der Waals surface area (Å²) in [5, 5.41) is 2.00. The monoisotopic (exact) mass is 471 g/mol. The summed E-state index contributed by atoms with van der Waals surface area (Å²) in [5.74, 6) is -0.350. The molecule has 3 aromatic rings. The maximum Gasteiger partial charge on any atom is 0.324 e. The highest BCUT2D eigenvalue weighted by Gasteiger charge is 2.44. The summed E-state index contributed by atoms with van der Waals surface area (Å²) in [7, 11) is -1.12. The molecule has 0 fully saturated rings. The number of carbonyl (C=O) groups is 1. The second-order valence-corrected chi connectivity index (χ2v) is 10.5. The van der Waals surface area contributed by atoms with Crippen LogP contribution in [0, 0.1) is 0 Å². The molecule has 1 aliphatic rings. The van der Waals surface area contributed by atoms with Crippen LogP contribution >= 0.6 is 11.3 Å². The topological polar surface area (TPSA) is 72.9 Å². The number of methoxy groups -OCH3 is 2. The molecule has 8 heteroatoms. The highest BCUT2D eigenvalue weighted by molar-refractivity contribution is 7.89. The summed E-state index contributed by atoms with van der Waals surface area (Å²) in [6.45, 7) is 0.201. The highest BCUT2D eigenvalue weighted by atomic mass is 32.2. The van der Waals surface area contributed by atoms with Crippen LogP contribution in [0.2, 0.25) is 0 Å². The minimum atomic E-state index is -3.95. The predicted octanol–water partition coefficient (Wildman–Crippen LogP) is 3.87. The van der Waals surface area contributed by atoms with Crippen molar-refractivity contribution in [2.75, 3.05) is 20.8 Å². The van der Waals surface area contributed by atoms with Crippen molar-refractivity contribution >= 4 is 27.3 Å². The van der Waals surface area contributed by atoms with Gasteiger partial charge in [0, 0.05) is 17.3 Å². The number of benzene rings is 2. The summed E-state index contributed by atoms with van der Waals surface area (Å²) in [6.07, 6.45) is 1.07. The van der Waals surface area contributed by atoms with Crippen molar-refractivity contribution in [2.45, 2.75) is 29.7 Å². The third kappa shape index (κ3) is 4.30. The summed E-state index contributed by atoms with van der Waals surface area (Å²) >= 11 is 1.60. The summed E-state index contributed by atoms with van der Waals surface area (Å²) < 4.78 is 39.1. The minimum Gasteiger partial charge on any atom is -0.497 e. The van der Waals surface area contributed by atoms with Crippen molar-refractivity contribution in [3.05, 3.63) is 82.0 Å². The molecule has 6 nitrogen and oxygen atoms in total. The molecule has 4 rings (SSSR count). The Morgan fingerprint density at radius 2 is 1.78 bits per heavy atom. The Hall–Kier alpha value is -2.68. The number of thiophene rings is 1. The molecule has 2 heterocycles. The van der Waals surface area contributed by atoms with Gasteiger partial charge in [-0.2, -0.15) is 4.31 Å². The van der Waals surface area contributed by atoms with Crippen molar-refractivity contribution in [1.29, 1.82) is 0 Å². The third-order valence-electron chi connectivity index (χ3n) is 5.84. The van der Waals surface area contributed by atoms with E-state index in [0.29, 0.717) is 18.6 Å². The highest BCUT2D eigenvalue weighted by Crippen LogP contribution is 2.38. The summed E-state index contributed by atoms with van der Waals surface area (Å²) in [5.41, 5.74) is 2.05. The van der Waals surface area contributed by atoms with E-state index in [2.05, 4.69) is 0 Å². The van der Waals surface area contributed by atoms with Crippen LogP contribution < -0.4 is 4.74 Å². The van der Waals surface area contributed by atoms with Gasteiger partial charge >= 0.3 is 5.97 Å². The first-order valence-corrected chi connectivity index (χ1v) is 12.6. The molecule has 0 amide bonds.